The Balaban J connectivity index is 1.59. The van der Waals surface area contributed by atoms with Gasteiger partial charge < -0.3 is 4.57 Å². The highest BCUT2D eigenvalue weighted by Gasteiger charge is 2.31. The van der Waals surface area contributed by atoms with E-state index in [4.69, 9.17) is 0 Å². The van der Waals surface area contributed by atoms with E-state index in [0.29, 0.717) is 6.54 Å². The summed E-state index contributed by atoms with van der Waals surface area (Å²) in [6.07, 6.45) is 2.75. The molecule has 0 spiro atoms. The molecule has 4 heteroatoms. The Labute approximate surface area is 127 Å². The normalized spacial score (nSPS) is 20.9. The van der Waals surface area contributed by atoms with Crippen molar-refractivity contribution < 1.29 is 4.79 Å². The van der Waals surface area contributed by atoms with Gasteiger partial charge in [0.2, 0.25) is 0 Å². The number of carbonyl (C=O) groups is 1. The zero-order valence-electron chi connectivity index (χ0n) is 13.6. The summed E-state index contributed by atoms with van der Waals surface area (Å²) in [7, 11) is 0. The molecule has 0 atom stereocenters. The van der Waals surface area contributed by atoms with E-state index < -0.39 is 0 Å². The van der Waals surface area contributed by atoms with Crippen LogP contribution in [0.15, 0.2) is 6.07 Å². The summed E-state index contributed by atoms with van der Waals surface area (Å²) in [6, 6.07) is 2.91. The summed E-state index contributed by atoms with van der Waals surface area (Å²) in [5.74, 6) is 0.280. The first-order valence-corrected chi connectivity index (χ1v) is 8.26. The molecule has 0 aromatic carbocycles. The Morgan fingerprint density at radius 2 is 1.86 bits per heavy atom. The van der Waals surface area contributed by atoms with Crippen molar-refractivity contribution in [3.63, 3.8) is 0 Å². The van der Waals surface area contributed by atoms with Gasteiger partial charge in [0.1, 0.15) is 0 Å². The maximum Gasteiger partial charge on any atom is 0.178 e. The number of rotatable bonds is 5. The second-order valence-electron chi connectivity index (χ2n) is 6.50. The lowest BCUT2D eigenvalue weighted by Crippen LogP contribution is -2.48. The molecule has 116 valence electrons. The molecule has 0 unspecified atom stereocenters. The van der Waals surface area contributed by atoms with Crippen LogP contribution in [0.2, 0.25) is 0 Å². The molecule has 0 N–H and O–H groups in total. The summed E-state index contributed by atoms with van der Waals surface area (Å²) < 4.78 is 2.22. The van der Waals surface area contributed by atoms with E-state index in [1.807, 2.05) is 0 Å². The third kappa shape index (κ3) is 3.06. The molecule has 0 radical (unpaired) electrons. The van der Waals surface area contributed by atoms with Crippen molar-refractivity contribution in [2.24, 2.45) is 0 Å². The van der Waals surface area contributed by atoms with Crippen molar-refractivity contribution in [3.05, 3.63) is 23.0 Å². The van der Waals surface area contributed by atoms with E-state index in [-0.39, 0.29) is 5.78 Å². The zero-order valence-corrected chi connectivity index (χ0v) is 13.6. The number of piperazine rings is 1. The van der Waals surface area contributed by atoms with Crippen LogP contribution < -0.4 is 0 Å². The number of Topliss-reactive ketones (excluding diaryl/α,β-unsaturated/α-hetero) is 1. The first-order valence-electron chi connectivity index (χ1n) is 8.26. The van der Waals surface area contributed by atoms with E-state index >= 15 is 0 Å². The number of ketones is 1. The predicted octanol–water partition coefficient (Wildman–Crippen LogP) is 2.09. The van der Waals surface area contributed by atoms with Crippen LogP contribution in [0.3, 0.4) is 0 Å². The molecule has 1 aromatic heterocycles. The van der Waals surface area contributed by atoms with Crippen LogP contribution in [0.25, 0.3) is 0 Å². The zero-order chi connectivity index (χ0) is 15.0. The van der Waals surface area contributed by atoms with Gasteiger partial charge in [0.25, 0.3) is 0 Å². The minimum absolute atomic E-state index is 0.280. The van der Waals surface area contributed by atoms with E-state index in [0.717, 1.165) is 50.0 Å². The maximum absolute atomic E-state index is 12.6. The predicted molar refractivity (Wildman–Crippen MR) is 84.9 cm³/mol. The Hall–Kier alpha value is -1.13. The van der Waals surface area contributed by atoms with Gasteiger partial charge in [-0.3, -0.25) is 14.6 Å². The first kappa shape index (κ1) is 14.8. The molecule has 1 aliphatic heterocycles. The molecule has 2 fully saturated rings. The molecule has 2 aliphatic rings. The first-order chi connectivity index (χ1) is 10.1. The van der Waals surface area contributed by atoms with Crippen LogP contribution in [-0.4, -0.2) is 58.9 Å². The van der Waals surface area contributed by atoms with Crippen LogP contribution in [0.5, 0.6) is 0 Å². The molecular weight excluding hydrogens is 262 g/mol. The highest BCUT2D eigenvalue weighted by Crippen LogP contribution is 2.27. The summed E-state index contributed by atoms with van der Waals surface area (Å²) in [4.78, 5) is 17.5. The van der Waals surface area contributed by atoms with Crippen molar-refractivity contribution >= 4 is 5.78 Å². The summed E-state index contributed by atoms with van der Waals surface area (Å²) in [6.45, 7) is 12.1. The van der Waals surface area contributed by atoms with E-state index in [1.54, 1.807) is 0 Å². The number of aromatic nitrogens is 1. The fraction of sp³-hybridized carbons (Fsp3) is 0.706. The maximum atomic E-state index is 12.6. The Kier molecular flexibility index (Phi) is 4.18. The third-order valence-corrected chi connectivity index (χ3v) is 5.03. The van der Waals surface area contributed by atoms with Crippen molar-refractivity contribution in [3.8, 4) is 0 Å². The van der Waals surface area contributed by atoms with Gasteiger partial charge >= 0.3 is 0 Å². The minimum atomic E-state index is 0.280. The fourth-order valence-corrected chi connectivity index (χ4v) is 3.58. The standard InChI is InChI=1S/C17H27N3O/c1-4-20-13(2)11-16(14(20)3)17(21)12-18-7-9-19(10-8-18)15-5-6-15/h11,15H,4-10,12H2,1-3H3. The quantitative estimate of drug-likeness (QED) is 0.777. The summed E-state index contributed by atoms with van der Waals surface area (Å²) in [5.41, 5.74) is 3.23. The molecular formula is C17H27N3O. The lowest BCUT2D eigenvalue weighted by atomic mass is 10.1. The lowest BCUT2D eigenvalue weighted by Gasteiger charge is -2.34. The van der Waals surface area contributed by atoms with Gasteiger partial charge in [-0.15, -0.1) is 0 Å². The molecule has 4 nitrogen and oxygen atoms in total. The van der Waals surface area contributed by atoms with E-state index in [9.17, 15) is 4.79 Å². The smallest absolute Gasteiger partial charge is 0.178 e. The number of nitrogens with zero attached hydrogens (tertiary/aromatic N) is 3. The number of carbonyl (C=O) groups excluding carboxylic acids is 1. The molecule has 2 heterocycles. The van der Waals surface area contributed by atoms with Crippen LogP contribution in [-0.2, 0) is 6.54 Å². The second-order valence-corrected chi connectivity index (χ2v) is 6.50. The van der Waals surface area contributed by atoms with Gasteiger partial charge in [-0.2, -0.15) is 0 Å². The van der Waals surface area contributed by atoms with Crippen LogP contribution in [0.4, 0.5) is 0 Å². The lowest BCUT2D eigenvalue weighted by molar-refractivity contribution is 0.0843. The SMILES string of the molecule is CCn1c(C)cc(C(=O)CN2CCN(C3CC3)CC2)c1C. The molecule has 21 heavy (non-hydrogen) atoms. The van der Waals surface area contributed by atoms with Gasteiger partial charge in [0.05, 0.1) is 6.54 Å². The average Bonchev–Trinajstić information content (AvgIpc) is 3.26. The van der Waals surface area contributed by atoms with Crippen molar-refractivity contribution in [2.75, 3.05) is 32.7 Å². The number of aryl methyl sites for hydroxylation is 1. The molecule has 1 saturated carbocycles. The largest absolute Gasteiger partial charge is 0.349 e. The van der Waals surface area contributed by atoms with E-state index in [2.05, 4.69) is 41.2 Å². The van der Waals surface area contributed by atoms with Gasteiger partial charge in [0.15, 0.2) is 5.78 Å². The highest BCUT2D eigenvalue weighted by atomic mass is 16.1. The van der Waals surface area contributed by atoms with Gasteiger partial charge in [-0.1, -0.05) is 0 Å². The van der Waals surface area contributed by atoms with Crippen molar-refractivity contribution in [1.29, 1.82) is 0 Å². The van der Waals surface area contributed by atoms with Gasteiger partial charge in [-0.25, -0.2) is 0 Å². The number of hydrogen-bond acceptors (Lipinski definition) is 3. The van der Waals surface area contributed by atoms with Crippen LogP contribution in [0.1, 0.15) is 41.5 Å². The fourth-order valence-electron chi connectivity index (χ4n) is 3.58. The van der Waals surface area contributed by atoms with Crippen LogP contribution >= 0.6 is 0 Å². The van der Waals surface area contributed by atoms with Gasteiger partial charge in [0, 0.05) is 55.7 Å². The summed E-state index contributed by atoms with van der Waals surface area (Å²) >= 11 is 0. The topological polar surface area (TPSA) is 28.5 Å². The minimum Gasteiger partial charge on any atom is -0.349 e. The highest BCUT2D eigenvalue weighted by molar-refractivity contribution is 5.99. The van der Waals surface area contributed by atoms with Crippen LogP contribution in [0, 0.1) is 13.8 Å². The van der Waals surface area contributed by atoms with Crippen molar-refractivity contribution in [2.45, 2.75) is 46.2 Å². The summed E-state index contributed by atoms with van der Waals surface area (Å²) in [5, 5.41) is 0. The third-order valence-electron chi connectivity index (χ3n) is 5.03. The van der Waals surface area contributed by atoms with E-state index in [1.165, 1.54) is 18.5 Å². The average molecular weight is 289 g/mol. The number of hydrogen-bond donors (Lipinski definition) is 0. The monoisotopic (exact) mass is 289 g/mol. The molecule has 1 aromatic rings. The Morgan fingerprint density at radius 3 is 2.38 bits per heavy atom. The Bertz CT molecular complexity index is 522. The second kappa shape index (κ2) is 5.93. The molecule has 1 saturated heterocycles. The molecule has 0 bridgehead atoms. The molecule has 0 amide bonds. The molecule has 3 rings (SSSR count). The molecule has 1 aliphatic carbocycles. The Morgan fingerprint density at radius 1 is 1.19 bits per heavy atom. The van der Waals surface area contributed by atoms with Gasteiger partial charge in [-0.05, 0) is 39.7 Å². The van der Waals surface area contributed by atoms with Crippen molar-refractivity contribution in [1.82, 2.24) is 14.4 Å².